The molecule has 0 bridgehead atoms. The van der Waals surface area contributed by atoms with Gasteiger partial charge in [-0.1, -0.05) is 29.5 Å². The fourth-order valence-electron chi connectivity index (χ4n) is 2.18. The zero-order chi connectivity index (χ0) is 14.0. The van der Waals surface area contributed by atoms with Crippen LogP contribution in [0.1, 0.15) is 27.8 Å². The molecule has 0 heterocycles. The Morgan fingerprint density at radius 1 is 0.737 bits per heavy atom. The van der Waals surface area contributed by atoms with Crippen molar-refractivity contribution in [1.29, 1.82) is 0 Å². The van der Waals surface area contributed by atoms with Crippen molar-refractivity contribution in [3.63, 3.8) is 0 Å². The van der Waals surface area contributed by atoms with E-state index >= 15 is 0 Å². The van der Waals surface area contributed by atoms with Crippen molar-refractivity contribution >= 4 is 0 Å². The van der Waals surface area contributed by atoms with Crippen molar-refractivity contribution in [2.45, 2.75) is 20.8 Å². The first kappa shape index (κ1) is 13.0. The zero-order valence-corrected chi connectivity index (χ0v) is 11.3. The van der Waals surface area contributed by atoms with Crippen LogP contribution in [-0.4, -0.2) is 10.2 Å². The Morgan fingerprint density at radius 3 is 1.79 bits per heavy atom. The molecule has 2 heteroatoms. The standard InChI is InChI=1S/C17H16O2/c1-11-6-12(2)17(13(3)7-11)5-4-14-8-15(18)10-16(19)9-14/h6-10,18-19H,1-3H3. The summed E-state index contributed by atoms with van der Waals surface area (Å²) in [5.41, 5.74) is 5.07. The first-order valence-electron chi connectivity index (χ1n) is 6.08. The third kappa shape index (κ3) is 3.08. The number of phenols is 2. The molecule has 2 aromatic carbocycles. The third-order valence-corrected chi connectivity index (χ3v) is 2.91. The van der Waals surface area contributed by atoms with Gasteiger partial charge in [0.25, 0.3) is 0 Å². The Morgan fingerprint density at radius 2 is 1.26 bits per heavy atom. The van der Waals surface area contributed by atoms with Crippen molar-refractivity contribution in [1.82, 2.24) is 0 Å². The van der Waals surface area contributed by atoms with Crippen molar-refractivity contribution in [2.24, 2.45) is 0 Å². The topological polar surface area (TPSA) is 40.5 Å². The van der Waals surface area contributed by atoms with Crippen LogP contribution < -0.4 is 0 Å². The van der Waals surface area contributed by atoms with E-state index in [1.54, 1.807) is 0 Å². The van der Waals surface area contributed by atoms with Crippen LogP contribution in [-0.2, 0) is 0 Å². The lowest BCUT2D eigenvalue weighted by Crippen LogP contribution is -1.89. The number of aryl methyl sites for hydroxylation is 3. The number of benzene rings is 2. The van der Waals surface area contributed by atoms with E-state index in [4.69, 9.17) is 0 Å². The molecule has 0 amide bonds. The summed E-state index contributed by atoms with van der Waals surface area (Å²) >= 11 is 0. The van der Waals surface area contributed by atoms with E-state index in [1.165, 1.54) is 23.8 Å². The minimum Gasteiger partial charge on any atom is -0.508 e. The molecule has 0 aliphatic rings. The average molecular weight is 252 g/mol. The van der Waals surface area contributed by atoms with Crippen LogP contribution >= 0.6 is 0 Å². The van der Waals surface area contributed by atoms with Crippen LogP contribution in [0, 0.1) is 32.6 Å². The molecule has 0 unspecified atom stereocenters. The SMILES string of the molecule is Cc1cc(C)c(C#Cc2cc(O)cc(O)c2)c(C)c1. The van der Waals surface area contributed by atoms with E-state index in [-0.39, 0.29) is 11.5 Å². The molecular weight excluding hydrogens is 236 g/mol. The fourth-order valence-corrected chi connectivity index (χ4v) is 2.18. The van der Waals surface area contributed by atoms with E-state index in [1.807, 2.05) is 13.8 Å². The Balaban J connectivity index is 2.45. The zero-order valence-electron chi connectivity index (χ0n) is 11.3. The minimum atomic E-state index is 0.0154. The van der Waals surface area contributed by atoms with Gasteiger partial charge in [-0.25, -0.2) is 0 Å². The number of aromatic hydroxyl groups is 2. The molecule has 0 fully saturated rings. The van der Waals surface area contributed by atoms with Crippen LogP contribution in [0.5, 0.6) is 11.5 Å². The van der Waals surface area contributed by atoms with Gasteiger partial charge in [0.05, 0.1) is 0 Å². The molecule has 0 saturated heterocycles. The van der Waals surface area contributed by atoms with Crippen LogP contribution in [0.2, 0.25) is 0 Å². The summed E-state index contributed by atoms with van der Waals surface area (Å²) in [5, 5.41) is 18.8. The van der Waals surface area contributed by atoms with Crippen LogP contribution in [0.3, 0.4) is 0 Å². The summed E-state index contributed by atoms with van der Waals surface area (Å²) in [4.78, 5) is 0. The molecule has 0 atom stereocenters. The molecule has 0 aliphatic heterocycles. The second kappa shape index (κ2) is 5.07. The van der Waals surface area contributed by atoms with Gasteiger partial charge in [0.15, 0.2) is 0 Å². The van der Waals surface area contributed by atoms with E-state index in [0.717, 1.165) is 16.7 Å². The molecule has 0 aliphatic carbocycles. The Kier molecular flexibility index (Phi) is 3.48. The average Bonchev–Trinajstić information content (AvgIpc) is 2.25. The summed E-state index contributed by atoms with van der Waals surface area (Å²) in [7, 11) is 0. The monoisotopic (exact) mass is 252 g/mol. The van der Waals surface area contributed by atoms with Gasteiger partial charge in [-0.3, -0.25) is 0 Å². The summed E-state index contributed by atoms with van der Waals surface area (Å²) in [6, 6.07) is 8.54. The van der Waals surface area contributed by atoms with Gasteiger partial charge in [0.2, 0.25) is 0 Å². The van der Waals surface area contributed by atoms with Crippen LogP contribution in [0.25, 0.3) is 0 Å². The first-order valence-corrected chi connectivity index (χ1v) is 6.08. The lowest BCUT2D eigenvalue weighted by Gasteiger charge is -2.04. The molecule has 2 rings (SSSR count). The fraction of sp³-hybridized carbons (Fsp3) is 0.176. The van der Waals surface area contributed by atoms with Crippen LogP contribution in [0.15, 0.2) is 30.3 Å². The lowest BCUT2D eigenvalue weighted by molar-refractivity contribution is 0.450. The Hall–Kier alpha value is -2.40. The number of rotatable bonds is 0. The molecule has 0 radical (unpaired) electrons. The van der Waals surface area contributed by atoms with Crippen molar-refractivity contribution in [3.8, 4) is 23.3 Å². The molecule has 96 valence electrons. The summed E-state index contributed by atoms with van der Waals surface area (Å²) in [5.74, 6) is 6.11. The highest BCUT2D eigenvalue weighted by Crippen LogP contribution is 2.20. The summed E-state index contributed by atoms with van der Waals surface area (Å²) in [6.07, 6.45) is 0. The number of hydrogen-bond acceptors (Lipinski definition) is 2. The van der Waals surface area contributed by atoms with E-state index in [9.17, 15) is 10.2 Å². The van der Waals surface area contributed by atoms with Crippen molar-refractivity contribution in [2.75, 3.05) is 0 Å². The van der Waals surface area contributed by atoms with Crippen molar-refractivity contribution < 1.29 is 10.2 Å². The van der Waals surface area contributed by atoms with E-state index < -0.39 is 0 Å². The normalized spacial score (nSPS) is 9.84. The van der Waals surface area contributed by atoms with Gasteiger partial charge in [-0.05, 0) is 44.0 Å². The largest absolute Gasteiger partial charge is 0.508 e. The van der Waals surface area contributed by atoms with Gasteiger partial charge in [0.1, 0.15) is 11.5 Å². The predicted molar refractivity (Wildman–Crippen MR) is 76.4 cm³/mol. The van der Waals surface area contributed by atoms with Gasteiger partial charge < -0.3 is 10.2 Å². The highest BCUT2D eigenvalue weighted by Gasteiger charge is 2.01. The highest BCUT2D eigenvalue weighted by atomic mass is 16.3. The molecule has 0 saturated carbocycles. The van der Waals surface area contributed by atoms with Gasteiger partial charge in [-0.15, -0.1) is 0 Å². The van der Waals surface area contributed by atoms with Crippen LogP contribution in [0.4, 0.5) is 0 Å². The molecule has 0 aromatic heterocycles. The Labute approximate surface area is 113 Å². The number of hydrogen-bond donors (Lipinski definition) is 2. The minimum absolute atomic E-state index is 0.0154. The highest BCUT2D eigenvalue weighted by molar-refractivity contribution is 5.53. The summed E-state index contributed by atoms with van der Waals surface area (Å²) in [6.45, 7) is 6.12. The first-order chi connectivity index (χ1) is 8.95. The molecule has 2 aromatic rings. The van der Waals surface area contributed by atoms with E-state index in [0.29, 0.717) is 5.56 Å². The van der Waals surface area contributed by atoms with Gasteiger partial charge in [0, 0.05) is 17.2 Å². The maximum Gasteiger partial charge on any atom is 0.120 e. The third-order valence-electron chi connectivity index (χ3n) is 2.91. The molecule has 0 spiro atoms. The second-order valence-electron chi connectivity index (χ2n) is 4.76. The number of phenolic OH excluding ortho intramolecular Hbond substituents is 2. The Bertz CT molecular complexity index is 645. The predicted octanol–water partition coefficient (Wildman–Crippen LogP) is 3.42. The van der Waals surface area contributed by atoms with Gasteiger partial charge >= 0.3 is 0 Å². The smallest absolute Gasteiger partial charge is 0.120 e. The van der Waals surface area contributed by atoms with E-state index in [2.05, 4.69) is 30.9 Å². The molecule has 2 N–H and O–H groups in total. The molecule has 2 nitrogen and oxygen atoms in total. The quantitative estimate of drug-likeness (QED) is 0.705. The summed E-state index contributed by atoms with van der Waals surface area (Å²) < 4.78 is 0. The van der Waals surface area contributed by atoms with Crippen molar-refractivity contribution in [3.05, 3.63) is 58.1 Å². The lowest BCUT2D eigenvalue weighted by atomic mass is 10.00. The maximum absolute atomic E-state index is 9.41. The molecular formula is C17H16O2. The molecule has 19 heavy (non-hydrogen) atoms. The van der Waals surface area contributed by atoms with Gasteiger partial charge in [-0.2, -0.15) is 0 Å². The second-order valence-corrected chi connectivity index (χ2v) is 4.76. The maximum atomic E-state index is 9.41.